The van der Waals surface area contributed by atoms with Crippen LogP contribution >= 0.6 is 0 Å². The lowest BCUT2D eigenvalue weighted by molar-refractivity contribution is 0.0731. The van der Waals surface area contributed by atoms with E-state index in [1.807, 2.05) is 19.9 Å². The van der Waals surface area contributed by atoms with Crippen molar-refractivity contribution in [1.82, 2.24) is 4.98 Å². The molecule has 4 rings (SSSR count). The van der Waals surface area contributed by atoms with E-state index < -0.39 is 11.4 Å². The van der Waals surface area contributed by atoms with E-state index in [9.17, 15) is 9.59 Å². The number of ether oxygens (including phenoxy) is 2. The molecule has 6 nitrogen and oxygen atoms in total. The molecule has 0 atom stereocenters. The molecule has 0 bridgehead atoms. The van der Waals surface area contributed by atoms with Crippen molar-refractivity contribution in [3.63, 3.8) is 0 Å². The van der Waals surface area contributed by atoms with Gasteiger partial charge in [-0.05, 0) is 73.5 Å². The molecule has 0 saturated heterocycles. The van der Waals surface area contributed by atoms with E-state index in [1.54, 1.807) is 37.4 Å². The second-order valence-corrected chi connectivity index (χ2v) is 6.88. The van der Waals surface area contributed by atoms with Crippen LogP contribution in [-0.4, -0.2) is 18.1 Å². The van der Waals surface area contributed by atoms with Crippen molar-refractivity contribution < 1.29 is 18.7 Å². The first kappa shape index (κ1) is 19.4. The van der Waals surface area contributed by atoms with Gasteiger partial charge in [0.05, 0.1) is 18.1 Å². The highest BCUT2D eigenvalue weighted by molar-refractivity contribution is 5.93. The van der Waals surface area contributed by atoms with Crippen LogP contribution < -0.4 is 14.9 Å². The Morgan fingerprint density at radius 2 is 1.63 bits per heavy atom. The molecule has 2 heterocycles. The molecule has 150 valence electrons. The molecule has 0 fully saturated rings. The quantitative estimate of drug-likeness (QED) is 0.461. The van der Waals surface area contributed by atoms with E-state index in [0.717, 1.165) is 11.1 Å². The summed E-state index contributed by atoms with van der Waals surface area (Å²) in [5.41, 5.74) is 2.83. The Morgan fingerprint density at radius 3 is 2.30 bits per heavy atom. The van der Waals surface area contributed by atoms with Gasteiger partial charge >= 0.3 is 5.97 Å². The molecule has 0 aliphatic heterocycles. The molecular formula is C24H19NO5. The molecule has 2 aromatic carbocycles. The van der Waals surface area contributed by atoms with Gasteiger partial charge in [0, 0.05) is 18.0 Å². The largest absolute Gasteiger partial charge is 0.497 e. The van der Waals surface area contributed by atoms with Crippen molar-refractivity contribution in [2.45, 2.75) is 13.8 Å². The van der Waals surface area contributed by atoms with Crippen LogP contribution in [0.2, 0.25) is 0 Å². The topological polar surface area (TPSA) is 78.6 Å². The Balaban J connectivity index is 1.92. The summed E-state index contributed by atoms with van der Waals surface area (Å²) in [7, 11) is 1.57. The third kappa shape index (κ3) is 3.55. The van der Waals surface area contributed by atoms with E-state index in [-0.39, 0.29) is 17.1 Å². The molecule has 2 aromatic heterocycles. The molecule has 0 radical (unpaired) electrons. The number of aromatic nitrogens is 1. The molecule has 30 heavy (non-hydrogen) atoms. The SMILES string of the molecule is COc1ccc(-c2oc3cc(C)c(C)cc3c(=O)c2OC(=O)c2ccncc2)cc1. The molecule has 0 amide bonds. The molecular weight excluding hydrogens is 382 g/mol. The Kier molecular flexibility index (Phi) is 5.06. The second kappa shape index (κ2) is 7.83. The average molecular weight is 401 g/mol. The van der Waals surface area contributed by atoms with Crippen molar-refractivity contribution in [3.8, 4) is 22.8 Å². The standard InChI is InChI=1S/C24H19NO5/c1-14-12-19-20(13-15(14)2)29-22(16-4-6-18(28-3)7-5-16)23(21(19)26)30-24(27)17-8-10-25-11-9-17/h4-13H,1-3H3. The van der Waals surface area contributed by atoms with Gasteiger partial charge in [0.1, 0.15) is 11.3 Å². The smallest absolute Gasteiger partial charge is 0.343 e. The highest BCUT2D eigenvalue weighted by Gasteiger charge is 2.22. The lowest BCUT2D eigenvalue weighted by atomic mass is 10.0. The van der Waals surface area contributed by atoms with E-state index in [1.165, 1.54) is 24.5 Å². The van der Waals surface area contributed by atoms with Crippen molar-refractivity contribution >= 4 is 16.9 Å². The van der Waals surface area contributed by atoms with Crippen molar-refractivity contribution in [3.05, 3.63) is 87.8 Å². The third-order valence-electron chi connectivity index (χ3n) is 4.93. The molecule has 0 aliphatic carbocycles. The molecule has 0 spiro atoms. The zero-order chi connectivity index (χ0) is 21.3. The van der Waals surface area contributed by atoms with Gasteiger partial charge in [-0.3, -0.25) is 9.78 Å². The van der Waals surface area contributed by atoms with E-state index >= 15 is 0 Å². The number of methoxy groups -OCH3 is 1. The van der Waals surface area contributed by atoms with Crippen LogP contribution in [0.3, 0.4) is 0 Å². The molecule has 6 heteroatoms. The summed E-state index contributed by atoms with van der Waals surface area (Å²) in [6.45, 7) is 3.85. The Hall–Kier alpha value is -3.93. The number of benzene rings is 2. The normalized spacial score (nSPS) is 10.8. The first-order chi connectivity index (χ1) is 14.5. The van der Waals surface area contributed by atoms with Crippen LogP contribution in [0.1, 0.15) is 21.5 Å². The third-order valence-corrected chi connectivity index (χ3v) is 4.93. The van der Waals surface area contributed by atoms with Crippen LogP contribution in [0.15, 0.2) is 70.1 Å². The van der Waals surface area contributed by atoms with Gasteiger partial charge in [-0.1, -0.05) is 0 Å². The number of aryl methyl sites for hydroxylation is 2. The monoisotopic (exact) mass is 401 g/mol. The summed E-state index contributed by atoms with van der Waals surface area (Å²) < 4.78 is 16.8. The minimum Gasteiger partial charge on any atom is -0.497 e. The average Bonchev–Trinajstić information content (AvgIpc) is 2.77. The summed E-state index contributed by atoms with van der Waals surface area (Å²) in [6, 6.07) is 13.6. The number of esters is 1. The summed E-state index contributed by atoms with van der Waals surface area (Å²) in [5, 5.41) is 0.355. The maximum Gasteiger partial charge on any atom is 0.343 e. The van der Waals surface area contributed by atoms with Gasteiger partial charge in [-0.2, -0.15) is 0 Å². The summed E-state index contributed by atoms with van der Waals surface area (Å²) in [6.07, 6.45) is 2.96. The zero-order valence-electron chi connectivity index (χ0n) is 16.8. The number of pyridine rings is 1. The van der Waals surface area contributed by atoms with Crippen LogP contribution in [-0.2, 0) is 0 Å². The Labute approximate surface area is 172 Å². The van der Waals surface area contributed by atoms with Gasteiger partial charge in [0.25, 0.3) is 0 Å². The number of hydrogen-bond acceptors (Lipinski definition) is 6. The Morgan fingerprint density at radius 1 is 0.967 bits per heavy atom. The molecule has 0 N–H and O–H groups in total. The minimum absolute atomic E-state index is 0.155. The van der Waals surface area contributed by atoms with Gasteiger partial charge < -0.3 is 13.9 Å². The fourth-order valence-electron chi connectivity index (χ4n) is 3.10. The molecule has 0 unspecified atom stereocenters. The number of carbonyl (C=O) groups excluding carboxylic acids is 1. The van der Waals surface area contributed by atoms with Crippen molar-refractivity contribution in [1.29, 1.82) is 0 Å². The summed E-state index contributed by atoms with van der Waals surface area (Å²) >= 11 is 0. The zero-order valence-corrected chi connectivity index (χ0v) is 16.8. The summed E-state index contributed by atoms with van der Waals surface area (Å²) in [5.74, 6) is 0.0184. The fourth-order valence-corrected chi connectivity index (χ4v) is 3.10. The van der Waals surface area contributed by atoms with Crippen LogP contribution in [0.25, 0.3) is 22.3 Å². The predicted molar refractivity (Wildman–Crippen MR) is 113 cm³/mol. The fraction of sp³-hybridized carbons (Fsp3) is 0.125. The van der Waals surface area contributed by atoms with Crippen LogP contribution in [0.5, 0.6) is 11.5 Å². The highest BCUT2D eigenvalue weighted by atomic mass is 16.5. The first-order valence-corrected chi connectivity index (χ1v) is 9.32. The van der Waals surface area contributed by atoms with Crippen molar-refractivity contribution in [2.24, 2.45) is 0 Å². The molecule has 4 aromatic rings. The summed E-state index contributed by atoms with van der Waals surface area (Å²) in [4.78, 5) is 29.9. The van der Waals surface area contributed by atoms with Crippen LogP contribution in [0.4, 0.5) is 0 Å². The van der Waals surface area contributed by atoms with E-state index in [2.05, 4.69) is 4.98 Å². The van der Waals surface area contributed by atoms with E-state index in [0.29, 0.717) is 22.3 Å². The first-order valence-electron chi connectivity index (χ1n) is 9.32. The van der Waals surface area contributed by atoms with Gasteiger partial charge in [0.15, 0.2) is 5.76 Å². The number of nitrogens with zero attached hydrogens (tertiary/aromatic N) is 1. The second-order valence-electron chi connectivity index (χ2n) is 6.88. The minimum atomic E-state index is -0.664. The van der Waals surface area contributed by atoms with E-state index in [4.69, 9.17) is 13.9 Å². The van der Waals surface area contributed by atoms with Gasteiger partial charge in [-0.15, -0.1) is 0 Å². The van der Waals surface area contributed by atoms with Crippen LogP contribution in [0, 0.1) is 13.8 Å². The van der Waals surface area contributed by atoms with Gasteiger partial charge in [-0.25, -0.2) is 4.79 Å². The predicted octanol–water partition coefficient (Wildman–Crippen LogP) is 4.70. The molecule has 0 saturated carbocycles. The van der Waals surface area contributed by atoms with Crippen molar-refractivity contribution in [2.75, 3.05) is 7.11 Å². The highest BCUT2D eigenvalue weighted by Crippen LogP contribution is 2.33. The molecule has 0 aliphatic rings. The number of fused-ring (bicyclic) bond motifs is 1. The number of rotatable bonds is 4. The Bertz CT molecular complexity index is 1290. The lowest BCUT2D eigenvalue weighted by Gasteiger charge is -2.12. The number of hydrogen-bond donors (Lipinski definition) is 0. The maximum atomic E-state index is 13.3. The van der Waals surface area contributed by atoms with Gasteiger partial charge in [0.2, 0.25) is 11.2 Å². The lowest BCUT2D eigenvalue weighted by Crippen LogP contribution is -2.16. The number of carbonyl (C=O) groups is 1. The maximum absolute atomic E-state index is 13.3.